The molecule has 9 heteroatoms. The normalized spacial score (nSPS) is 13.4. The van der Waals surface area contributed by atoms with Crippen molar-refractivity contribution >= 4 is 33.0 Å². The van der Waals surface area contributed by atoms with Crippen LogP contribution >= 0.6 is 11.3 Å². The molecule has 0 N–H and O–H groups in total. The van der Waals surface area contributed by atoms with Crippen LogP contribution in [-0.4, -0.2) is 42.0 Å². The van der Waals surface area contributed by atoms with Crippen molar-refractivity contribution in [2.24, 2.45) is 0 Å². The zero-order valence-electron chi connectivity index (χ0n) is 18.9. The van der Waals surface area contributed by atoms with Crippen LogP contribution in [-0.2, 0) is 27.8 Å². The standard InChI is InChI=1S/C25H24N4O3S2/c1-18(30)28-13-12-19-15-22(10-11-23(19)28)34(31,32)27(2)16-20-17-29(21-7-4-3-5-8-21)26-25(20)24-9-6-14-33-24/h3-11,14-15,17H,12-13,16H2,1-2H3. The summed E-state index contributed by atoms with van der Waals surface area (Å²) in [4.78, 5) is 14.7. The van der Waals surface area contributed by atoms with Crippen molar-refractivity contribution < 1.29 is 13.2 Å². The van der Waals surface area contributed by atoms with Gasteiger partial charge in [0.25, 0.3) is 0 Å². The quantitative estimate of drug-likeness (QED) is 0.402. The molecule has 5 rings (SSSR count). The van der Waals surface area contributed by atoms with Gasteiger partial charge in [0.15, 0.2) is 0 Å². The van der Waals surface area contributed by atoms with Gasteiger partial charge in [0.05, 0.1) is 15.5 Å². The van der Waals surface area contributed by atoms with Gasteiger partial charge in [-0.2, -0.15) is 9.40 Å². The Balaban J connectivity index is 1.47. The van der Waals surface area contributed by atoms with E-state index in [9.17, 15) is 13.2 Å². The van der Waals surface area contributed by atoms with Crippen LogP contribution in [0.15, 0.2) is 77.1 Å². The number of carbonyl (C=O) groups is 1. The molecule has 2 aromatic carbocycles. The van der Waals surface area contributed by atoms with Crippen LogP contribution in [0.2, 0.25) is 0 Å². The molecule has 34 heavy (non-hydrogen) atoms. The number of anilines is 1. The third-order valence-corrected chi connectivity index (χ3v) is 8.67. The maximum Gasteiger partial charge on any atom is 0.243 e. The van der Waals surface area contributed by atoms with Crippen molar-refractivity contribution in [3.63, 3.8) is 0 Å². The highest BCUT2D eigenvalue weighted by Gasteiger charge is 2.28. The van der Waals surface area contributed by atoms with E-state index in [2.05, 4.69) is 0 Å². The lowest BCUT2D eigenvalue weighted by Crippen LogP contribution is -2.27. The first-order chi connectivity index (χ1) is 16.3. The molecule has 174 valence electrons. The summed E-state index contributed by atoms with van der Waals surface area (Å²) in [5, 5.41) is 6.75. The van der Waals surface area contributed by atoms with Crippen LogP contribution in [0.5, 0.6) is 0 Å². The fraction of sp³-hybridized carbons (Fsp3) is 0.200. The molecule has 4 aromatic rings. The lowest BCUT2D eigenvalue weighted by molar-refractivity contribution is -0.116. The second-order valence-corrected chi connectivity index (χ2v) is 11.2. The zero-order chi connectivity index (χ0) is 23.9. The maximum absolute atomic E-state index is 13.4. The summed E-state index contributed by atoms with van der Waals surface area (Å²) >= 11 is 1.57. The number of hydrogen-bond acceptors (Lipinski definition) is 5. The monoisotopic (exact) mass is 492 g/mol. The summed E-state index contributed by atoms with van der Waals surface area (Å²) in [6, 6.07) is 18.7. The number of fused-ring (bicyclic) bond motifs is 1. The molecular weight excluding hydrogens is 468 g/mol. The number of nitrogens with zero attached hydrogens (tertiary/aromatic N) is 4. The van der Waals surface area contributed by atoms with E-state index in [1.807, 2.05) is 54.0 Å². The van der Waals surface area contributed by atoms with E-state index in [1.165, 1.54) is 11.2 Å². The van der Waals surface area contributed by atoms with Gasteiger partial charge < -0.3 is 4.90 Å². The maximum atomic E-state index is 13.4. The Labute approximate surface area is 202 Å². The molecule has 1 amide bonds. The van der Waals surface area contributed by atoms with Gasteiger partial charge >= 0.3 is 0 Å². The van der Waals surface area contributed by atoms with Gasteiger partial charge in [0.1, 0.15) is 5.69 Å². The zero-order valence-corrected chi connectivity index (χ0v) is 20.5. The molecule has 0 unspecified atom stereocenters. The molecular formula is C25H24N4O3S2. The summed E-state index contributed by atoms with van der Waals surface area (Å²) < 4.78 is 30.0. The highest BCUT2D eigenvalue weighted by molar-refractivity contribution is 7.89. The Bertz CT molecular complexity index is 1440. The Morgan fingerprint density at radius 2 is 1.91 bits per heavy atom. The molecule has 7 nitrogen and oxygen atoms in total. The largest absolute Gasteiger partial charge is 0.312 e. The number of rotatable bonds is 6. The molecule has 2 aromatic heterocycles. The molecule has 0 radical (unpaired) electrons. The van der Waals surface area contributed by atoms with Gasteiger partial charge in [0.2, 0.25) is 15.9 Å². The molecule has 0 saturated carbocycles. The fourth-order valence-electron chi connectivity index (χ4n) is 4.23. The second kappa shape index (κ2) is 8.83. The molecule has 0 aliphatic carbocycles. The molecule has 0 spiro atoms. The Morgan fingerprint density at radius 1 is 1.12 bits per heavy atom. The summed E-state index contributed by atoms with van der Waals surface area (Å²) in [5.74, 6) is -0.0389. The molecule has 1 aliphatic rings. The topological polar surface area (TPSA) is 75.5 Å². The minimum atomic E-state index is -3.74. The predicted molar refractivity (Wildman–Crippen MR) is 134 cm³/mol. The predicted octanol–water partition coefficient (Wildman–Crippen LogP) is 4.33. The van der Waals surface area contributed by atoms with Crippen LogP contribution in [0.25, 0.3) is 16.3 Å². The Kier molecular flexibility index (Phi) is 5.85. The van der Waals surface area contributed by atoms with E-state index < -0.39 is 10.0 Å². The van der Waals surface area contributed by atoms with Gasteiger partial charge in [-0.15, -0.1) is 11.3 Å². The average molecular weight is 493 g/mol. The van der Waals surface area contributed by atoms with E-state index in [1.54, 1.807) is 46.2 Å². The fourth-order valence-corrected chi connectivity index (χ4v) is 6.17. The summed E-state index contributed by atoms with van der Waals surface area (Å²) in [5.41, 5.74) is 4.16. The number of thiophene rings is 1. The first-order valence-electron chi connectivity index (χ1n) is 10.9. The first-order valence-corrected chi connectivity index (χ1v) is 13.2. The number of amides is 1. The van der Waals surface area contributed by atoms with Crippen LogP contribution < -0.4 is 4.90 Å². The van der Waals surface area contributed by atoms with Crippen molar-refractivity contribution in [3.8, 4) is 16.3 Å². The van der Waals surface area contributed by atoms with Crippen LogP contribution in [0, 0.1) is 0 Å². The molecule has 0 atom stereocenters. The van der Waals surface area contributed by atoms with E-state index >= 15 is 0 Å². The number of benzene rings is 2. The summed E-state index contributed by atoms with van der Waals surface area (Å²) in [7, 11) is -2.16. The van der Waals surface area contributed by atoms with Crippen molar-refractivity contribution in [1.82, 2.24) is 14.1 Å². The highest BCUT2D eigenvalue weighted by Crippen LogP contribution is 2.33. The van der Waals surface area contributed by atoms with Gasteiger partial charge in [0, 0.05) is 44.5 Å². The Hall–Kier alpha value is -3.27. The van der Waals surface area contributed by atoms with E-state index in [-0.39, 0.29) is 17.3 Å². The molecule has 0 bridgehead atoms. The number of para-hydroxylation sites is 1. The Morgan fingerprint density at radius 3 is 2.62 bits per heavy atom. The number of sulfonamides is 1. The number of aromatic nitrogens is 2. The van der Waals surface area contributed by atoms with Crippen molar-refractivity contribution in [2.75, 3.05) is 18.5 Å². The third kappa shape index (κ3) is 4.06. The minimum Gasteiger partial charge on any atom is -0.312 e. The van der Waals surface area contributed by atoms with Gasteiger partial charge in [-0.1, -0.05) is 24.3 Å². The van der Waals surface area contributed by atoms with Crippen molar-refractivity contribution in [3.05, 3.63) is 83.4 Å². The molecule has 0 fully saturated rings. The van der Waals surface area contributed by atoms with E-state index in [0.29, 0.717) is 13.0 Å². The molecule has 1 aliphatic heterocycles. The van der Waals surface area contributed by atoms with Gasteiger partial charge in [-0.05, 0) is 53.8 Å². The van der Waals surface area contributed by atoms with Crippen molar-refractivity contribution in [2.45, 2.75) is 24.8 Å². The number of carbonyl (C=O) groups excluding carboxylic acids is 1. The van der Waals surface area contributed by atoms with Gasteiger partial charge in [-0.3, -0.25) is 4.79 Å². The molecule has 3 heterocycles. The van der Waals surface area contributed by atoms with Crippen LogP contribution in [0.4, 0.5) is 5.69 Å². The van der Waals surface area contributed by atoms with E-state index in [0.717, 1.165) is 33.1 Å². The summed E-state index contributed by atoms with van der Waals surface area (Å²) in [6.45, 7) is 2.28. The lowest BCUT2D eigenvalue weighted by atomic mass is 10.2. The second-order valence-electron chi connectivity index (χ2n) is 8.23. The van der Waals surface area contributed by atoms with Gasteiger partial charge in [-0.25, -0.2) is 13.1 Å². The smallest absolute Gasteiger partial charge is 0.243 e. The van der Waals surface area contributed by atoms with E-state index in [4.69, 9.17) is 5.10 Å². The van der Waals surface area contributed by atoms with Crippen LogP contribution in [0.3, 0.4) is 0 Å². The minimum absolute atomic E-state index is 0.0389. The number of hydrogen-bond donors (Lipinski definition) is 0. The van der Waals surface area contributed by atoms with Crippen LogP contribution in [0.1, 0.15) is 18.1 Å². The SMILES string of the molecule is CC(=O)N1CCc2cc(S(=O)(=O)N(C)Cc3cn(-c4ccccc4)nc3-c3cccs3)ccc21. The summed E-state index contributed by atoms with van der Waals surface area (Å²) in [6.07, 6.45) is 2.54. The highest BCUT2D eigenvalue weighted by atomic mass is 32.2. The first kappa shape index (κ1) is 22.5. The average Bonchev–Trinajstić information content (AvgIpc) is 3.58. The lowest BCUT2D eigenvalue weighted by Gasteiger charge is -2.19. The third-order valence-electron chi connectivity index (χ3n) is 5.99. The molecule has 0 saturated heterocycles. The van der Waals surface area contributed by atoms with Crippen molar-refractivity contribution in [1.29, 1.82) is 0 Å².